The van der Waals surface area contributed by atoms with E-state index in [4.69, 9.17) is 4.42 Å². The highest BCUT2D eigenvalue weighted by molar-refractivity contribution is 7.99. The molecular formula is C16H21N3O2S. The molecule has 1 aliphatic carbocycles. The van der Waals surface area contributed by atoms with Gasteiger partial charge in [-0.25, -0.2) is 0 Å². The van der Waals surface area contributed by atoms with Gasteiger partial charge in [0.2, 0.25) is 5.89 Å². The molecule has 3 rings (SSSR count). The highest BCUT2D eigenvalue weighted by Crippen LogP contribution is 2.39. The lowest BCUT2D eigenvalue weighted by atomic mass is 10.2. The fourth-order valence-electron chi connectivity index (χ4n) is 2.83. The molecule has 0 bridgehead atoms. The van der Waals surface area contributed by atoms with Crippen LogP contribution in [0.2, 0.25) is 0 Å². The molecule has 0 aliphatic heterocycles. The molecule has 0 spiro atoms. The van der Waals surface area contributed by atoms with Gasteiger partial charge < -0.3 is 8.98 Å². The Morgan fingerprint density at radius 2 is 2.14 bits per heavy atom. The predicted molar refractivity (Wildman–Crippen MR) is 85.6 cm³/mol. The first-order valence-corrected chi connectivity index (χ1v) is 8.63. The lowest BCUT2D eigenvalue weighted by Crippen LogP contribution is -2.08. The lowest BCUT2D eigenvalue weighted by Gasteiger charge is -2.13. The van der Waals surface area contributed by atoms with Crippen LogP contribution in [0.3, 0.4) is 0 Å². The van der Waals surface area contributed by atoms with Crippen molar-refractivity contribution in [1.29, 1.82) is 0 Å². The summed E-state index contributed by atoms with van der Waals surface area (Å²) in [5, 5.41) is 8.53. The molecular weight excluding hydrogens is 298 g/mol. The lowest BCUT2D eigenvalue weighted by molar-refractivity contribution is 0.102. The first kappa shape index (κ1) is 15.3. The quantitative estimate of drug-likeness (QED) is 0.596. The average Bonchev–Trinajstić information content (AvgIpc) is 3.12. The summed E-state index contributed by atoms with van der Waals surface area (Å²) in [6.45, 7) is 8.29. The molecule has 2 heterocycles. The summed E-state index contributed by atoms with van der Waals surface area (Å²) in [7, 11) is 0. The molecule has 1 aliphatic rings. The van der Waals surface area contributed by atoms with E-state index in [-0.39, 0.29) is 5.78 Å². The summed E-state index contributed by atoms with van der Waals surface area (Å²) in [6.07, 6.45) is 2.26. The van der Waals surface area contributed by atoms with Crippen molar-refractivity contribution in [3.63, 3.8) is 0 Å². The zero-order valence-corrected chi connectivity index (χ0v) is 14.2. The summed E-state index contributed by atoms with van der Waals surface area (Å²) >= 11 is 1.32. The van der Waals surface area contributed by atoms with E-state index in [1.807, 2.05) is 19.9 Å². The standard InChI is InChI=1S/C16H21N3O2S/c1-9(2)19-10(3)7-13(11(19)4)14(20)8-22-16-18-17-15(21-16)12-5-6-12/h7,9,12H,5-6,8H2,1-4H3. The van der Waals surface area contributed by atoms with Crippen LogP contribution in [-0.4, -0.2) is 26.3 Å². The van der Waals surface area contributed by atoms with Gasteiger partial charge in [0.15, 0.2) is 5.78 Å². The summed E-state index contributed by atoms with van der Waals surface area (Å²) in [5.41, 5.74) is 2.94. The number of thioether (sulfide) groups is 1. The molecule has 1 fully saturated rings. The molecule has 0 aromatic carbocycles. The number of Topliss-reactive ketones (excluding diaryl/α,β-unsaturated/α-hetero) is 1. The normalized spacial score (nSPS) is 14.8. The van der Waals surface area contributed by atoms with E-state index >= 15 is 0 Å². The first-order valence-electron chi connectivity index (χ1n) is 7.65. The number of carbonyl (C=O) groups excluding carboxylic acids is 1. The van der Waals surface area contributed by atoms with Crippen molar-refractivity contribution < 1.29 is 9.21 Å². The number of nitrogens with zero attached hydrogens (tertiary/aromatic N) is 3. The van der Waals surface area contributed by atoms with Gasteiger partial charge in [-0.2, -0.15) is 0 Å². The summed E-state index contributed by atoms with van der Waals surface area (Å²) in [5.74, 6) is 1.60. The van der Waals surface area contributed by atoms with Crippen LogP contribution >= 0.6 is 11.8 Å². The van der Waals surface area contributed by atoms with Gasteiger partial charge in [0.1, 0.15) is 0 Å². The second-order valence-electron chi connectivity index (χ2n) is 6.14. The van der Waals surface area contributed by atoms with Gasteiger partial charge in [0.05, 0.1) is 5.75 Å². The van der Waals surface area contributed by atoms with Crippen molar-refractivity contribution in [3.8, 4) is 0 Å². The largest absolute Gasteiger partial charge is 0.416 e. The van der Waals surface area contributed by atoms with E-state index in [0.29, 0.717) is 28.8 Å². The molecule has 22 heavy (non-hydrogen) atoms. The molecule has 6 heteroatoms. The van der Waals surface area contributed by atoms with Gasteiger partial charge in [0, 0.05) is 28.9 Å². The number of hydrogen-bond donors (Lipinski definition) is 0. The van der Waals surface area contributed by atoms with Crippen LogP contribution in [0, 0.1) is 13.8 Å². The van der Waals surface area contributed by atoms with Gasteiger partial charge in [-0.3, -0.25) is 4.79 Å². The minimum atomic E-state index is 0.108. The number of aryl methyl sites for hydroxylation is 1. The van der Waals surface area contributed by atoms with Gasteiger partial charge in [0.25, 0.3) is 5.22 Å². The van der Waals surface area contributed by atoms with Gasteiger partial charge in [-0.1, -0.05) is 11.8 Å². The Bertz CT molecular complexity index is 698. The second kappa shape index (κ2) is 5.91. The Balaban J connectivity index is 1.67. The van der Waals surface area contributed by atoms with Gasteiger partial charge in [-0.15, -0.1) is 10.2 Å². The topological polar surface area (TPSA) is 60.9 Å². The minimum absolute atomic E-state index is 0.108. The molecule has 5 nitrogen and oxygen atoms in total. The number of hydrogen-bond acceptors (Lipinski definition) is 5. The molecule has 118 valence electrons. The van der Waals surface area contributed by atoms with Crippen LogP contribution in [0.4, 0.5) is 0 Å². The van der Waals surface area contributed by atoms with Crippen LogP contribution in [0.25, 0.3) is 0 Å². The summed E-state index contributed by atoms with van der Waals surface area (Å²) < 4.78 is 7.76. The fraction of sp³-hybridized carbons (Fsp3) is 0.562. The number of aromatic nitrogens is 3. The maximum Gasteiger partial charge on any atom is 0.277 e. The zero-order chi connectivity index (χ0) is 15.9. The Kier molecular flexibility index (Phi) is 4.12. The SMILES string of the molecule is Cc1cc(C(=O)CSc2nnc(C3CC3)o2)c(C)n1C(C)C. The van der Waals surface area contributed by atoms with E-state index in [2.05, 4.69) is 28.6 Å². The van der Waals surface area contributed by atoms with Gasteiger partial charge in [-0.05, 0) is 46.6 Å². The Morgan fingerprint density at radius 1 is 1.41 bits per heavy atom. The van der Waals surface area contributed by atoms with Crippen LogP contribution in [0.15, 0.2) is 15.7 Å². The Hall–Kier alpha value is -1.56. The van der Waals surface area contributed by atoms with Crippen molar-refractivity contribution in [3.05, 3.63) is 28.9 Å². The van der Waals surface area contributed by atoms with Gasteiger partial charge >= 0.3 is 0 Å². The highest BCUT2D eigenvalue weighted by atomic mass is 32.2. The zero-order valence-electron chi connectivity index (χ0n) is 13.4. The van der Waals surface area contributed by atoms with Crippen molar-refractivity contribution in [2.75, 3.05) is 5.75 Å². The maximum absolute atomic E-state index is 12.5. The third-order valence-electron chi connectivity index (χ3n) is 3.98. The number of rotatable bonds is 6. The molecule has 0 N–H and O–H groups in total. The van der Waals surface area contributed by atoms with Crippen molar-refractivity contribution in [1.82, 2.24) is 14.8 Å². The smallest absolute Gasteiger partial charge is 0.277 e. The Labute approximate surface area is 134 Å². The average molecular weight is 319 g/mol. The molecule has 1 saturated carbocycles. The number of ketones is 1. The monoisotopic (exact) mass is 319 g/mol. The van der Waals surface area contributed by atoms with Crippen LogP contribution in [0.1, 0.15) is 66.3 Å². The second-order valence-corrected chi connectivity index (χ2v) is 7.07. The molecule has 0 saturated heterocycles. The molecule has 0 unspecified atom stereocenters. The molecule has 2 aromatic rings. The van der Waals surface area contributed by atoms with E-state index in [1.165, 1.54) is 11.8 Å². The first-order chi connectivity index (χ1) is 10.5. The highest BCUT2D eigenvalue weighted by Gasteiger charge is 2.29. The maximum atomic E-state index is 12.5. The summed E-state index contributed by atoms with van der Waals surface area (Å²) in [4.78, 5) is 12.5. The van der Waals surface area contributed by atoms with Crippen molar-refractivity contribution in [2.24, 2.45) is 0 Å². The molecule has 2 aromatic heterocycles. The molecule has 0 atom stereocenters. The third kappa shape index (κ3) is 2.97. The fourth-order valence-corrected chi connectivity index (χ4v) is 3.49. The van der Waals surface area contributed by atoms with Crippen LogP contribution in [-0.2, 0) is 0 Å². The molecule has 0 radical (unpaired) electrons. The van der Waals surface area contributed by atoms with Crippen molar-refractivity contribution in [2.45, 2.75) is 57.7 Å². The van der Waals surface area contributed by atoms with Crippen LogP contribution in [0.5, 0.6) is 0 Å². The van der Waals surface area contributed by atoms with Crippen molar-refractivity contribution >= 4 is 17.5 Å². The van der Waals surface area contributed by atoms with Crippen LogP contribution < -0.4 is 0 Å². The van der Waals surface area contributed by atoms with E-state index in [9.17, 15) is 4.79 Å². The minimum Gasteiger partial charge on any atom is -0.416 e. The Morgan fingerprint density at radius 3 is 2.73 bits per heavy atom. The van der Waals surface area contributed by atoms with E-state index in [0.717, 1.165) is 29.8 Å². The van der Waals surface area contributed by atoms with E-state index < -0.39 is 0 Å². The number of carbonyl (C=O) groups is 1. The summed E-state index contributed by atoms with van der Waals surface area (Å²) in [6, 6.07) is 2.33. The van der Waals surface area contributed by atoms with E-state index in [1.54, 1.807) is 0 Å². The predicted octanol–water partition coefficient (Wildman–Crippen LogP) is 3.92. The third-order valence-corrected chi connectivity index (χ3v) is 4.80. The molecule has 0 amide bonds.